The topological polar surface area (TPSA) is 45.2 Å². The number of fused-ring (bicyclic) bond motifs is 3. The fraction of sp³-hybridized carbons (Fsp3) is 0.429. The number of nitrogens with one attached hydrogen (secondary N) is 1. The van der Waals surface area contributed by atoms with Gasteiger partial charge in [0, 0.05) is 28.2 Å². The number of amides is 1. The van der Waals surface area contributed by atoms with Crippen LogP contribution >= 0.6 is 11.8 Å². The number of pyridine rings is 1. The molecule has 0 aliphatic carbocycles. The van der Waals surface area contributed by atoms with Crippen LogP contribution in [0.3, 0.4) is 0 Å². The number of aryl methyl sites for hydroxylation is 1. The van der Waals surface area contributed by atoms with Crippen molar-refractivity contribution in [1.29, 1.82) is 0 Å². The molecule has 1 N–H and O–H groups in total. The molecule has 4 heterocycles. The molecule has 3 aliphatic rings. The first kappa shape index (κ1) is 17.6. The summed E-state index contributed by atoms with van der Waals surface area (Å²) in [6.07, 6.45) is 2.41. The average Bonchev–Trinajstić information content (AvgIpc) is 2.65. The van der Waals surface area contributed by atoms with Crippen molar-refractivity contribution < 1.29 is 4.79 Å². The SMILES string of the molecule is Cc1cccc(Sc2ccc(C(=O)N[C@@H]3C4CCN(CC4)[C@@H]3C)cc2)n1. The smallest absolute Gasteiger partial charge is 0.251 e. The highest BCUT2D eigenvalue weighted by Crippen LogP contribution is 2.32. The van der Waals surface area contributed by atoms with E-state index in [9.17, 15) is 4.79 Å². The number of rotatable bonds is 4. The molecular weight excluding hydrogens is 342 g/mol. The van der Waals surface area contributed by atoms with Crippen molar-refractivity contribution in [2.24, 2.45) is 5.92 Å². The van der Waals surface area contributed by atoms with E-state index in [1.807, 2.05) is 49.4 Å². The first-order valence-corrected chi connectivity index (χ1v) is 10.2. The molecular formula is C21H25N3OS. The van der Waals surface area contributed by atoms with Gasteiger partial charge in [-0.3, -0.25) is 9.69 Å². The molecule has 1 aromatic heterocycles. The molecule has 3 aliphatic heterocycles. The van der Waals surface area contributed by atoms with Crippen LogP contribution in [0.2, 0.25) is 0 Å². The number of hydrogen-bond acceptors (Lipinski definition) is 4. The third kappa shape index (κ3) is 3.64. The van der Waals surface area contributed by atoms with Gasteiger partial charge < -0.3 is 5.32 Å². The molecule has 1 amide bonds. The number of carbonyl (C=O) groups excluding carboxylic acids is 1. The predicted molar refractivity (Wildman–Crippen MR) is 105 cm³/mol. The van der Waals surface area contributed by atoms with Crippen LogP contribution in [0.25, 0.3) is 0 Å². The van der Waals surface area contributed by atoms with E-state index < -0.39 is 0 Å². The molecule has 0 spiro atoms. The Morgan fingerprint density at radius 2 is 1.88 bits per heavy atom. The minimum absolute atomic E-state index is 0.0424. The van der Waals surface area contributed by atoms with Gasteiger partial charge in [0.05, 0.1) is 0 Å². The van der Waals surface area contributed by atoms with Crippen LogP contribution in [-0.4, -0.2) is 41.0 Å². The third-order valence-electron chi connectivity index (χ3n) is 5.68. The molecule has 0 saturated carbocycles. The fourth-order valence-corrected chi connectivity index (χ4v) is 5.00. The maximum atomic E-state index is 12.7. The van der Waals surface area contributed by atoms with Gasteiger partial charge in [0.1, 0.15) is 5.03 Å². The van der Waals surface area contributed by atoms with Crippen LogP contribution in [0.1, 0.15) is 35.8 Å². The van der Waals surface area contributed by atoms with Crippen LogP contribution in [-0.2, 0) is 0 Å². The van der Waals surface area contributed by atoms with Gasteiger partial charge in [0.15, 0.2) is 0 Å². The summed E-state index contributed by atoms with van der Waals surface area (Å²) in [7, 11) is 0. The third-order valence-corrected chi connectivity index (χ3v) is 6.62. The Morgan fingerprint density at radius 1 is 1.15 bits per heavy atom. The summed E-state index contributed by atoms with van der Waals surface area (Å²) in [4.78, 5) is 20.8. The van der Waals surface area contributed by atoms with E-state index in [2.05, 4.69) is 22.1 Å². The van der Waals surface area contributed by atoms with Gasteiger partial charge in [-0.1, -0.05) is 17.8 Å². The highest BCUT2D eigenvalue weighted by molar-refractivity contribution is 7.99. The molecule has 0 radical (unpaired) electrons. The second-order valence-electron chi connectivity index (χ2n) is 7.36. The number of benzene rings is 1. The monoisotopic (exact) mass is 367 g/mol. The lowest BCUT2D eigenvalue weighted by molar-refractivity contribution is 0.0217. The Hall–Kier alpha value is -1.85. The zero-order chi connectivity index (χ0) is 18.1. The van der Waals surface area contributed by atoms with Crippen molar-refractivity contribution in [3.8, 4) is 0 Å². The lowest BCUT2D eigenvalue weighted by atomic mass is 9.79. The van der Waals surface area contributed by atoms with Crippen LogP contribution in [0.4, 0.5) is 0 Å². The molecule has 2 atom stereocenters. The second-order valence-corrected chi connectivity index (χ2v) is 8.45. The first-order valence-electron chi connectivity index (χ1n) is 9.36. The lowest BCUT2D eigenvalue weighted by Gasteiger charge is -2.49. The van der Waals surface area contributed by atoms with Gasteiger partial charge in [-0.15, -0.1) is 0 Å². The molecule has 4 nitrogen and oxygen atoms in total. The molecule has 3 fully saturated rings. The van der Waals surface area contributed by atoms with Crippen LogP contribution in [0, 0.1) is 12.8 Å². The molecule has 5 rings (SSSR count). The standard InChI is InChI=1S/C21H25N3OS/c1-14-4-3-5-19(22-14)26-18-8-6-17(7-9-18)21(25)23-20-15(2)24-12-10-16(20)11-13-24/h3-9,15-16,20H,10-13H2,1-2H3,(H,23,25)/t15-,20+/m1/s1. The number of aromatic nitrogens is 1. The Labute approximate surface area is 159 Å². The van der Waals surface area contributed by atoms with Gasteiger partial charge >= 0.3 is 0 Å². The molecule has 3 saturated heterocycles. The number of piperidine rings is 3. The van der Waals surface area contributed by atoms with Crippen molar-refractivity contribution >= 4 is 17.7 Å². The average molecular weight is 368 g/mol. The molecule has 2 bridgehead atoms. The van der Waals surface area contributed by atoms with Crippen molar-refractivity contribution in [1.82, 2.24) is 15.2 Å². The Morgan fingerprint density at radius 3 is 2.54 bits per heavy atom. The minimum Gasteiger partial charge on any atom is -0.347 e. The summed E-state index contributed by atoms with van der Waals surface area (Å²) < 4.78 is 0. The maximum Gasteiger partial charge on any atom is 0.251 e. The summed E-state index contributed by atoms with van der Waals surface area (Å²) in [5.41, 5.74) is 1.74. The van der Waals surface area contributed by atoms with Crippen molar-refractivity contribution in [2.45, 2.75) is 48.7 Å². The summed E-state index contributed by atoms with van der Waals surface area (Å²) in [5.74, 6) is 0.669. The lowest BCUT2D eigenvalue weighted by Crippen LogP contribution is -2.62. The quantitative estimate of drug-likeness (QED) is 0.894. The van der Waals surface area contributed by atoms with Gasteiger partial charge in [0.25, 0.3) is 5.91 Å². The normalized spacial score (nSPS) is 27.3. The van der Waals surface area contributed by atoms with Crippen LogP contribution in [0.5, 0.6) is 0 Å². The maximum absolute atomic E-state index is 12.7. The summed E-state index contributed by atoms with van der Waals surface area (Å²) >= 11 is 1.62. The van der Waals surface area contributed by atoms with E-state index in [1.165, 1.54) is 25.9 Å². The predicted octanol–water partition coefficient (Wildman–Crippen LogP) is 3.75. The highest BCUT2D eigenvalue weighted by Gasteiger charge is 2.40. The van der Waals surface area contributed by atoms with Gasteiger partial charge in [-0.05, 0) is 82.1 Å². The van der Waals surface area contributed by atoms with E-state index in [4.69, 9.17) is 0 Å². The molecule has 26 heavy (non-hydrogen) atoms. The summed E-state index contributed by atoms with van der Waals surface area (Å²) in [6, 6.07) is 14.6. The van der Waals surface area contributed by atoms with E-state index in [0.717, 1.165) is 21.2 Å². The van der Waals surface area contributed by atoms with Gasteiger partial charge in [0.2, 0.25) is 0 Å². The summed E-state index contributed by atoms with van der Waals surface area (Å²) in [5, 5.41) is 4.27. The fourth-order valence-electron chi connectivity index (χ4n) is 4.15. The molecule has 1 aromatic carbocycles. The summed E-state index contributed by atoms with van der Waals surface area (Å²) in [6.45, 7) is 6.59. The number of hydrogen-bond donors (Lipinski definition) is 1. The zero-order valence-electron chi connectivity index (χ0n) is 15.3. The van der Waals surface area contributed by atoms with E-state index in [0.29, 0.717) is 12.0 Å². The Balaban J connectivity index is 1.41. The van der Waals surface area contributed by atoms with E-state index >= 15 is 0 Å². The first-order chi connectivity index (χ1) is 12.6. The zero-order valence-corrected chi connectivity index (χ0v) is 16.1. The van der Waals surface area contributed by atoms with Gasteiger partial charge in [-0.25, -0.2) is 4.98 Å². The minimum atomic E-state index is 0.0424. The van der Waals surface area contributed by atoms with E-state index in [1.54, 1.807) is 11.8 Å². The highest BCUT2D eigenvalue weighted by atomic mass is 32.2. The number of carbonyl (C=O) groups is 1. The van der Waals surface area contributed by atoms with Gasteiger partial charge in [-0.2, -0.15) is 0 Å². The van der Waals surface area contributed by atoms with E-state index in [-0.39, 0.29) is 11.9 Å². The molecule has 136 valence electrons. The van der Waals surface area contributed by atoms with Crippen LogP contribution < -0.4 is 5.32 Å². The molecule has 5 heteroatoms. The van der Waals surface area contributed by atoms with Crippen LogP contribution in [0.15, 0.2) is 52.4 Å². The molecule has 2 aromatic rings. The Kier molecular flexibility index (Phi) is 5.00. The second kappa shape index (κ2) is 7.41. The van der Waals surface area contributed by atoms with Crippen molar-refractivity contribution in [3.05, 3.63) is 53.7 Å². The largest absolute Gasteiger partial charge is 0.347 e. The van der Waals surface area contributed by atoms with Crippen molar-refractivity contribution in [2.75, 3.05) is 13.1 Å². The number of nitrogens with zero attached hydrogens (tertiary/aromatic N) is 2. The molecule has 0 unspecified atom stereocenters. The van der Waals surface area contributed by atoms with Crippen molar-refractivity contribution in [3.63, 3.8) is 0 Å². The Bertz CT molecular complexity index is 782.